The molecule has 2 aromatic heterocycles. The number of ether oxygens (including phenoxy) is 1. The van der Waals surface area contributed by atoms with Gasteiger partial charge < -0.3 is 14.1 Å². The van der Waals surface area contributed by atoms with E-state index in [0.29, 0.717) is 11.5 Å². The SMILES string of the molecule is CC(=O)c1c[nH]c(C(=O)O[C@H](C)c2nnc(-c3ccccc3)o2)c1. The maximum absolute atomic E-state index is 12.1. The van der Waals surface area contributed by atoms with Crippen LogP contribution in [0.5, 0.6) is 0 Å². The number of rotatable bonds is 5. The second kappa shape index (κ2) is 6.49. The van der Waals surface area contributed by atoms with Crippen LogP contribution in [0.25, 0.3) is 11.5 Å². The Bertz CT molecular complexity index is 867. The molecule has 1 atom stereocenters. The predicted molar refractivity (Wildman–Crippen MR) is 84.4 cm³/mol. The summed E-state index contributed by atoms with van der Waals surface area (Å²) >= 11 is 0. The van der Waals surface area contributed by atoms with Crippen molar-refractivity contribution >= 4 is 11.8 Å². The lowest BCUT2D eigenvalue weighted by Gasteiger charge is -2.08. The van der Waals surface area contributed by atoms with Gasteiger partial charge in [0.15, 0.2) is 11.9 Å². The van der Waals surface area contributed by atoms with E-state index in [4.69, 9.17) is 9.15 Å². The Labute approximate surface area is 137 Å². The second-order valence-electron chi connectivity index (χ2n) is 5.22. The van der Waals surface area contributed by atoms with Gasteiger partial charge in [-0.3, -0.25) is 4.79 Å². The van der Waals surface area contributed by atoms with Crippen LogP contribution in [0.3, 0.4) is 0 Å². The van der Waals surface area contributed by atoms with Gasteiger partial charge >= 0.3 is 5.97 Å². The van der Waals surface area contributed by atoms with Gasteiger partial charge in [0, 0.05) is 17.3 Å². The molecule has 1 N–H and O–H groups in total. The number of ketones is 1. The first-order chi connectivity index (χ1) is 11.5. The van der Waals surface area contributed by atoms with E-state index in [1.165, 1.54) is 19.2 Å². The van der Waals surface area contributed by atoms with E-state index in [-0.39, 0.29) is 17.4 Å². The highest BCUT2D eigenvalue weighted by Crippen LogP contribution is 2.22. The van der Waals surface area contributed by atoms with Gasteiger partial charge in [0.25, 0.3) is 5.89 Å². The van der Waals surface area contributed by atoms with Crippen LogP contribution in [0.4, 0.5) is 0 Å². The molecule has 2 heterocycles. The summed E-state index contributed by atoms with van der Waals surface area (Å²) in [4.78, 5) is 26.1. The maximum Gasteiger partial charge on any atom is 0.355 e. The molecule has 0 aliphatic carbocycles. The fraction of sp³-hybridized carbons (Fsp3) is 0.176. The molecule has 0 spiro atoms. The summed E-state index contributed by atoms with van der Waals surface area (Å²) in [5, 5.41) is 7.87. The Balaban J connectivity index is 1.70. The normalized spacial score (nSPS) is 11.9. The number of aromatic amines is 1. The number of nitrogens with one attached hydrogen (secondary N) is 1. The molecule has 0 saturated heterocycles. The van der Waals surface area contributed by atoms with Crippen molar-refractivity contribution in [2.75, 3.05) is 0 Å². The van der Waals surface area contributed by atoms with Crippen LogP contribution in [0.1, 0.15) is 46.7 Å². The minimum atomic E-state index is -0.716. The molecule has 1 aromatic carbocycles. The average molecular weight is 325 g/mol. The van der Waals surface area contributed by atoms with Crippen molar-refractivity contribution in [2.24, 2.45) is 0 Å². The van der Waals surface area contributed by atoms with Crippen molar-refractivity contribution in [3.8, 4) is 11.5 Å². The van der Waals surface area contributed by atoms with Gasteiger partial charge in [-0.25, -0.2) is 4.79 Å². The molecule has 0 aliphatic rings. The summed E-state index contributed by atoms with van der Waals surface area (Å²) in [6, 6.07) is 10.7. The van der Waals surface area contributed by atoms with E-state index >= 15 is 0 Å². The van der Waals surface area contributed by atoms with Gasteiger partial charge in [-0.15, -0.1) is 10.2 Å². The van der Waals surface area contributed by atoms with Gasteiger partial charge in [0.2, 0.25) is 5.89 Å². The number of Topliss-reactive ketones (excluding diaryl/α,β-unsaturated/α-hetero) is 1. The third kappa shape index (κ3) is 3.24. The van der Waals surface area contributed by atoms with Gasteiger partial charge in [0.1, 0.15) is 5.69 Å². The van der Waals surface area contributed by atoms with E-state index in [0.717, 1.165) is 5.56 Å². The van der Waals surface area contributed by atoms with E-state index in [1.807, 2.05) is 30.3 Å². The van der Waals surface area contributed by atoms with E-state index in [2.05, 4.69) is 15.2 Å². The van der Waals surface area contributed by atoms with Crippen LogP contribution >= 0.6 is 0 Å². The minimum Gasteiger partial charge on any atom is -0.448 e. The first-order valence-corrected chi connectivity index (χ1v) is 7.33. The zero-order valence-corrected chi connectivity index (χ0v) is 13.1. The van der Waals surface area contributed by atoms with Crippen molar-refractivity contribution in [2.45, 2.75) is 20.0 Å². The number of hydrogen-bond donors (Lipinski definition) is 1. The average Bonchev–Trinajstić information content (AvgIpc) is 3.25. The van der Waals surface area contributed by atoms with Gasteiger partial charge in [-0.1, -0.05) is 18.2 Å². The Morgan fingerprint density at radius 2 is 1.96 bits per heavy atom. The van der Waals surface area contributed by atoms with Crippen molar-refractivity contribution in [3.63, 3.8) is 0 Å². The van der Waals surface area contributed by atoms with Gasteiger partial charge in [-0.2, -0.15) is 0 Å². The fourth-order valence-electron chi connectivity index (χ4n) is 2.09. The summed E-state index contributed by atoms with van der Waals surface area (Å²) < 4.78 is 10.8. The molecular weight excluding hydrogens is 310 g/mol. The fourth-order valence-corrected chi connectivity index (χ4v) is 2.09. The molecule has 0 saturated carbocycles. The lowest BCUT2D eigenvalue weighted by molar-refractivity contribution is 0.0273. The monoisotopic (exact) mass is 325 g/mol. The summed E-state index contributed by atoms with van der Waals surface area (Å²) in [6.45, 7) is 3.06. The molecule has 0 unspecified atom stereocenters. The van der Waals surface area contributed by atoms with Crippen molar-refractivity contribution in [3.05, 3.63) is 59.7 Å². The van der Waals surface area contributed by atoms with Crippen LogP contribution in [0.15, 0.2) is 47.0 Å². The van der Waals surface area contributed by atoms with Crippen molar-refractivity contribution < 1.29 is 18.7 Å². The zero-order chi connectivity index (χ0) is 17.1. The minimum absolute atomic E-state index is 0.136. The van der Waals surface area contributed by atoms with Crippen LogP contribution in [0, 0.1) is 0 Å². The topological polar surface area (TPSA) is 98.1 Å². The largest absolute Gasteiger partial charge is 0.448 e. The molecule has 0 fully saturated rings. The van der Waals surface area contributed by atoms with Crippen molar-refractivity contribution in [1.82, 2.24) is 15.2 Å². The van der Waals surface area contributed by atoms with Crippen molar-refractivity contribution in [1.29, 1.82) is 0 Å². The Kier molecular flexibility index (Phi) is 4.24. The number of benzene rings is 1. The molecule has 7 heteroatoms. The molecule has 0 aliphatic heterocycles. The summed E-state index contributed by atoms with van der Waals surface area (Å²) in [6.07, 6.45) is 0.746. The molecule has 0 bridgehead atoms. The predicted octanol–water partition coefficient (Wildman–Crippen LogP) is 3.19. The molecule has 24 heavy (non-hydrogen) atoms. The van der Waals surface area contributed by atoms with E-state index in [9.17, 15) is 9.59 Å². The highest BCUT2D eigenvalue weighted by atomic mass is 16.6. The highest BCUT2D eigenvalue weighted by molar-refractivity contribution is 5.97. The smallest absolute Gasteiger partial charge is 0.355 e. The second-order valence-corrected chi connectivity index (χ2v) is 5.22. The first kappa shape index (κ1) is 15.7. The van der Waals surface area contributed by atoms with Gasteiger partial charge in [-0.05, 0) is 32.0 Å². The standard InChI is InChI=1S/C17H15N3O4/c1-10(21)13-8-14(18-9-13)17(22)23-11(2)15-19-20-16(24-15)12-6-4-3-5-7-12/h3-9,11,18H,1-2H3/t11-/m1/s1. The molecule has 7 nitrogen and oxygen atoms in total. The quantitative estimate of drug-likeness (QED) is 0.571. The van der Waals surface area contributed by atoms with Crippen LogP contribution < -0.4 is 0 Å². The first-order valence-electron chi connectivity index (χ1n) is 7.33. The summed E-state index contributed by atoms with van der Waals surface area (Å²) in [5.74, 6) is -0.190. The number of aromatic nitrogens is 3. The third-order valence-corrected chi connectivity index (χ3v) is 3.40. The number of hydrogen-bond acceptors (Lipinski definition) is 6. The number of H-pyrrole nitrogens is 1. The number of nitrogens with zero attached hydrogens (tertiary/aromatic N) is 2. The van der Waals surface area contributed by atoms with Crippen LogP contribution in [-0.4, -0.2) is 26.9 Å². The van der Waals surface area contributed by atoms with Crippen LogP contribution in [-0.2, 0) is 4.74 Å². The Morgan fingerprint density at radius 1 is 1.21 bits per heavy atom. The number of carbonyl (C=O) groups excluding carboxylic acids is 2. The highest BCUT2D eigenvalue weighted by Gasteiger charge is 2.21. The van der Waals surface area contributed by atoms with Gasteiger partial charge in [0.05, 0.1) is 0 Å². The summed E-state index contributed by atoms with van der Waals surface area (Å²) in [7, 11) is 0. The summed E-state index contributed by atoms with van der Waals surface area (Å²) in [5.41, 5.74) is 1.39. The number of carbonyl (C=O) groups is 2. The maximum atomic E-state index is 12.1. The Hall–Kier alpha value is -3.22. The molecule has 0 amide bonds. The Morgan fingerprint density at radius 3 is 2.62 bits per heavy atom. The van der Waals surface area contributed by atoms with Crippen LogP contribution in [0.2, 0.25) is 0 Å². The molecule has 0 radical (unpaired) electrons. The molecule has 122 valence electrons. The molecule has 3 aromatic rings. The lowest BCUT2D eigenvalue weighted by atomic mass is 10.2. The third-order valence-electron chi connectivity index (χ3n) is 3.40. The van der Waals surface area contributed by atoms with E-state index in [1.54, 1.807) is 6.92 Å². The molecular formula is C17H15N3O4. The number of esters is 1. The molecule has 3 rings (SSSR count). The van der Waals surface area contributed by atoms with E-state index < -0.39 is 12.1 Å². The lowest BCUT2D eigenvalue weighted by Crippen LogP contribution is -2.10. The zero-order valence-electron chi connectivity index (χ0n) is 13.1.